The van der Waals surface area contributed by atoms with Crippen LogP contribution in [0.3, 0.4) is 0 Å². The van der Waals surface area contributed by atoms with E-state index < -0.39 is 11.6 Å². The van der Waals surface area contributed by atoms with Crippen molar-refractivity contribution < 1.29 is 13.6 Å². The van der Waals surface area contributed by atoms with Gasteiger partial charge in [-0.25, -0.2) is 8.78 Å². The standard InChI is InChI=1S/C12H14F2O/c1-8(6-9(2)15)7-10-11(13)4-3-5-12(10)14/h3-5,8H,6-7H2,1-2H3. The molecule has 0 fully saturated rings. The lowest BCUT2D eigenvalue weighted by Gasteiger charge is -2.10. The highest BCUT2D eigenvalue weighted by molar-refractivity contribution is 5.75. The van der Waals surface area contributed by atoms with Crippen molar-refractivity contribution >= 4 is 5.78 Å². The zero-order chi connectivity index (χ0) is 11.4. The molecule has 1 unspecified atom stereocenters. The first-order valence-corrected chi connectivity index (χ1v) is 4.93. The van der Waals surface area contributed by atoms with E-state index in [1.165, 1.54) is 25.1 Å². The number of carbonyl (C=O) groups is 1. The molecule has 0 saturated carbocycles. The van der Waals surface area contributed by atoms with Gasteiger partial charge in [0.05, 0.1) is 0 Å². The van der Waals surface area contributed by atoms with E-state index in [0.29, 0.717) is 6.42 Å². The summed E-state index contributed by atoms with van der Waals surface area (Å²) in [7, 11) is 0. The van der Waals surface area contributed by atoms with Gasteiger partial charge in [-0.3, -0.25) is 0 Å². The van der Waals surface area contributed by atoms with Crippen LogP contribution in [0.5, 0.6) is 0 Å². The lowest BCUT2D eigenvalue weighted by Crippen LogP contribution is -2.08. The average Bonchev–Trinajstić information content (AvgIpc) is 2.10. The summed E-state index contributed by atoms with van der Waals surface area (Å²) in [6.07, 6.45) is 0.617. The summed E-state index contributed by atoms with van der Waals surface area (Å²) >= 11 is 0. The van der Waals surface area contributed by atoms with Crippen LogP contribution in [-0.4, -0.2) is 5.78 Å². The number of hydrogen-bond acceptors (Lipinski definition) is 1. The van der Waals surface area contributed by atoms with Crippen LogP contribution in [0.1, 0.15) is 25.8 Å². The van der Waals surface area contributed by atoms with Gasteiger partial charge in [-0.1, -0.05) is 13.0 Å². The van der Waals surface area contributed by atoms with E-state index in [0.717, 1.165) is 0 Å². The fraction of sp³-hybridized carbons (Fsp3) is 0.417. The van der Waals surface area contributed by atoms with E-state index in [1.807, 2.05) is 6.92 Å². The molecule has 0 amide bonds. The summed E-state index contributed by atoms with van der Waals surface area (Å²) in [5.41, 5.74) is 0.0752. The van der Waals surface area contributed by atoms with Crippen LogP contribution in [0, 0.1) is 17.6 Å². The third-order valence-corrected chi connectivity index (χ3v) is 2.25. The van der Waals surface area contributed by atoms with Crippen LogP contribution in [0.4, 0.5) is 8.78 Å². The predicted molar refractivity (Wildman–Crippen MR) is 54.5 cm³/mol. The van der Waals surface area contributed by atoms with Gasteiger partial charge >= 0.3 is 0 Å². The molecule has 1 aromatic carbocycles. The Morgan fingerprint density at radius 3 is 2.33 bits per heavy atom. The number of hydrogen-bond donors (Lipinski definition) is 0. The lowest BCUT2D eigenvalue weighted by atomic mass is 9.96. The molecule has 0 aliphatic carbocycles. The third-order valence-electron chi connectivity index (χ3n) is 2.25. The molecule has 1 rings (SSSR count). The van der Waals surface area contributed by atoms with Crippen molar-refractivity contribution in [1.82, 2.24) is 0 Å². The number of halogens is 2. The minimum atomic E-state index is -0.537. The lowest BCUT2D eigenvalue weighted by molar-refractivity contribution is -0.117. The van der Waals surface area contributed by atoms with Crippen molar-refractivity contribution in [3.05, 3.63) is 35.4 Å². The van der Waals surface area contributed by atoms with Crippen molar-refractivity contribution in [2.24, 2.45) is 5.92 Å². The molecule has 15 heavy (non-hydrogen) atoms. The van der Waals surface area contributed by atoms with Gasteiger partial charge in [0.25, 0.3) is 0 Å². The second-order valence-electron chi connectivity index (χ2n) is 3.92. The molecule has 82 valence electrons. The average molecular weight is 212 g/mol. The van der Waals surface area contributed by atoms with Crippen molar-refractivity contribution in [2.75, 3.05) is 0 Å². The Bertz CT molecular complexity index is 340. The van der Waals surface area contributed by atoms with E-state index in [4.69, 9.17) is 0 Å². The maximum absolute atomic E-state index is 13.2. The SMILES string of the molecule is CC(=O)CC(C)Cc1c(F)cccc1F. The summed E-state index contributed by atoms with van der Waals surface area (Å²) in [6.45, 7) is 3.29. The second kappa shape index (κ2) is 5.01. The van der Waals surface area contributed by atoms with E-state index in [1.54, 1.807) is 0 Å². The zero-order valence-electron chi connectivity index (χ0n) is 8.89. The quantitative estimate of drug-likeness (QED) is 0.749. The maximum Gasteiger partial charge on any atom is 0.130 e. The number of ketones is 1. The Hall–Kier alpha value is -1.25. The zero-order valence-corrected chi connectivity index (χ0v) is 8.89. The summed E-state index contributed by atoms with van der Waals surface area (Å²) in [5, 5.41) is 0. The smallest absolute Gasteiger partial charge is 0.130 e. The summed E-state index contributed by atoms with van der Waals surface area (Å²) in [4.78, 5) is 10.8. The van der Waals surface area contributed by atoms with Gasteiger partial charge in [0.15, 0.2) is 0 Å². The van der Waals surface area contributed by atoms with Gasteiger partial charge < -0.3 is 4.79 Å². The largest absolute Gasteiger partial charge is 0.300 e. The molecular formula is C12H14F2O. The highest BCUT2D eigenvalue weighted by Crippen LogP contribution is 2.18. The molecule has 0 aliphatic rings. The van der Waals surface area contributed by atoms with Gasteiger partial charge in [0.1, 0.15) is 17.4 Å². The summed E-state index contributed by atoms with van der Waals surface area (Å²) in [6, 6.07) is 3.81. The van der Waals surface area contributed by atoms with Gasteiger partial charge in [0.2, 0.25) is 0 Å². The molecule has 0 bridgehead atoms. The molecule has 0 spiro atoms. The Balaban J connectivity index is 2.76. The molecule has 1 aromatic rings. The van der Waals surface area contributed by atoms with Crippen LogP contribution in [0.15, 0.2) is 18.2 Å². The number of Topliss-reactive ketones (excluding diaryl/α,β-unsaturated/α-hetero) is 1. The van der Waals surface area contributed by atoms with Crippen molar-refractivity contribution in [3.63, 3.8) is 0 Å². The predicted octanol–water partition coefficient (Wildman–Crippen LogP) is 3.12. The van der Waals surface area contributed by atoms with E-state index in [-0.39, 0.29) is 23.7 Å². The van der Waals surface area contributed by atoms with Gasteiger partial charge in [-0.2, -0.15) is 0 Å². The summed E-state index contributed by atoms with van der Waals surface area (Å²) < 4.78 is 26.4. The normalized spacial score (nSPS) is 12.5. The fourth-order valence-corrected chi connectivity index (χ4v) is 1.64. The van der Waals surface area contributed by atoms with E-state index in [9.17, 15) is 13.6 Å². The minimum Gasteiger partial charge on any atom is -0.300 e. The molecule has 0 radical (unpaired) electrons. The molecule has 0 aromatic heterocycles. The molecule has 3 heteroatoms. The topological polar surface area (TPSA) is 17.1 Å². The first kappa shape index (κ1) is 11.8. The van der Waals surface area contributed by atoms with Crippen molar-refractivity contribution in [3.8, 4) is 0 Å². The van der Waals surface area contributed by atoms with Crippen LogP contribution in [-0.2, 0) is 11.2 Å². The van der Waals surface area contributed by atoms with Crippen molar-refractivity contribution in [2.45, 2.75) is 26.7 Å². The van der Waals surface area contributed by atoms with E-state index in [2.05, 4.69) is 0 Å². The monoisotopic (exact) mass is 212 g/mol. The van der Waals surface area contributed by atoms with Gasteiger partial charge in [-0.15, -0.1) is 0 Å². The molecule has 0 aliphatic heterocycles. The number of benzene rings is 1. The Kier molecular flexibility index (Phi) is 3.95. The molecular weight excluding hydrogens is 198 g/mol. The fourth-order valence-electron chi connectivity index (χ4n) is 1.64. The first-order valence-electron chi connectivity index (χ1n) is 4.93. The molecule has 1 atom stereocenters. The molecule has 0 N–H and O–H groups in total. The second-order valence-corrected chi connectivity index (χ2v) is 3.92. The van der Waals surface area contributed by atoms with Crippen LogP contribution < -0.4 is 0 Å². The summed E-state index contributed by atoms with van der Waals surface area (Å²) in [5.74, 6) is -1.07. The molecule has 1 nitrogen and oxygen atoms in total. The van der Waals surface area contributed by atoms with Crippen molar-refractivity contribution in [1.29, 1.82) is 0 Å². The first-order chi connectivity index (χ1) is 7.00. The Morgan fingerprint density at radius 2 is 1.87 bits per heavy atom. The van der Waals surface area contributed by atoms with Gasteiger partial charge in [0, 0.05) is 12.0 Å². The Labute approximate surface area is 88.1 Å². The van der Waals surface area contributed by atoms with Crippen LogP contribution in [0.2, 0.25) is 0 Å². The molecule has 0 heterocycles. The highest BCUT2D eigenvalue weighted by atomic mass is 19.1. The van der Waals surface area contributed by atoms with E-state index >= 15 is 0 Å². The number of carbonyl (C=O) groups excluding carboxylic acids is 1. The highest BCUT2D eigenvalue weighted by Gasteiger charge is 2.13. The minimum absolute atomic E-state index is 0.0334. The maximum atomic E-state index is 13.2. The third kappa shape index (κ3) is 3.42. The number of rotatable bonds is 4. The van der Waals surface area contributed by atoms with Crippen LogP contribution >= 0.6 is 0 Å². The molecule has 0 saturated heterocycles. The van der Waals surface area contributed by atoms with Crippen LogP contribution in [0.25, 0.3) is 0 Å². The Morgan fingerprint density at radius 1 is 1.33 bits per heavy atom. The van der Waals surface area contributed by atoms with Gasteiger partial charge in [-0.05, 0) is 31.4 Å².